The molecule has 3 saturated heterocycles. The first-order chi connectivity index (χ1) is 48.1. The number of nitrogens with one attached hydrogen (secondary N) is 3. The van der Waals surface area contributed by atoms with Crippen LogP contribution < -0.4 is 30.7 Å². The molecule has 98 heavy (non-hydrogen) atoms. The number of nitrogens with zero attached hydrogens (tertiary/aromatic N) is 13. The average Bonchev–Trinajstić information content (AvgIpc) is 1.64. The quantitative estimate of drug-likeness (QED) is 0.0646. The van der Waals surface area contributed by atoms with Gasteiger partial charge in [-0.15, -0.1) is 0 Å². The second kappa shape index (κ2) is 32.1. The average molecular weight is 1330 g/mol. The van der Waals surface area contributed by atoms with Gasteiger partial charge in [-0.1, -0.05) is 91.5 Å². The van der Waals surface area contributed by atoms with Crippen LogP contribution in [-0.2, 0) is 52.7 Å². The zero-order valence-electron chi connectivity index (χ0n) is 55.2. The van der Waals surface area contributed by atoms with Crippen molar-refractivity contribution >= 4 is 62.7 Å². The number of anilines is 3. The first-order valence-corrected chi connectivity index (χ1v) is 33.9. The molecule has 0 bridgehead atoms. The number of aryl methyl sites for hydroxylation is 1. The summed E-state index contributed by atoms with van der Waals surface area (Å²) in [6, 6.07) is 28.7. The number of carbonyl (C=O) groups excluding carboxylic acids is 1. The van der Waals surface area contributed by atoms with E-state index in [1.54, 1.807) is 18.6 Å². The van der Waals surface area contributed by atoms with Gasteiger partial charge in [0.25, 0.3) is 5.91 Å². The van der Waals surface area contributed by atoms with Crippen molar-refractivity contribution < 1.29 is 19.0 Å². The minimum atomic E-state index is -0.257. The smallest absolute Gasteiger partial charge is 0.289 e. The molecule has 10 heterocycles. The third-order valence-corrected chi connectivity index (χ3v) is 18.4. The number of pyridine rings is 4. The van der Waals surface area contributed by atoms with E-state index in [2.05, 4.69) is 139 Å². The molecule has 7 aromatic heterocycles. The molecule has 20 nitrogen and oxygen atoms in total. The van der Waals surface area contributed by atoms with Crippen LogP contribution in [0.2, 0.25) is 5.02 Å². The molecule has 3 aliphatic heterocycles. The van der Waals surface area contributed by atoms with Crippen LogP contribution in [0.3, 0.4) is 0 Å². The molecule has 0 unspecified atom stereocenters. The largest absolute Gasteiger partial charge is 0.382 e. The Hall–Kier alpha value is -10.4. The normalized spacial score (nSPS) is 15.2. The van der Waals surface area contributed by atoms with Gasteiger partial charge in [-0.3, -0.25) is 24.7 Å². The van der Waals surface area contributed by atoms with E-state index in [0.29, 0.717) is 36.1 Å². The topological polar surface area (TPSA) is 219 Å². The summed E-state index contributed by atoms with van der Waals surface area (Å²) < 4.78 is 16.4. The predicted octanol–water partition coefficient (Wildman–Crippen LogP) is 10.0. The number of carbonyl (C=O) groups is 1. The van der Waals surface area contributed by atoms with E-state index in [1.165, 1.54) is 11.1 Å². The number of rotatable bonds is 20. The summed E-state index contributed by atoms with van der Waals surface area (Å²) in [6.45, 7) is 22.1. The van der Waals surface area contributed by atoms with Crippen LogP contribution in [0.25, 0.3) is 28.1 Å². The third kappa shape index (κ3) is 16.4. The van der Waals surface area contributed by atoms with Gasteiger partial charge in [0.2, 0.25) is 5.82 Å². The lowest BCUT2D eigenvalue weighted by Crippen LogP contribution is -2.36. The van der Waals surface area contributed by atoms with Gasteiger partial charge in [0.1, 0.15) is 0 Å². The molecule has 15 rings (SSSR count). The Morgan fingerprint density at radius 2 is 0.837 bits per heavy atom. The number of morpholine rings is 3. The van der Waals surface area contributed by atoms with Crippen molar-refractivity contribution in [1.29, 1.82) is 0 Å². The molecule has 3 N–H and O–H groups in total. The standard InChI is InChI=1S/C26H26ClN5O.C26H27N5O2.C25H26N6O/c1-18(28-9-8-19-4-2-3-5-24(19)27)26-30-15-20(16-31-26)22-6-7-25-23(22)14-21(17-29-25)32-10-12-33-13-11-32;1-18-4-2-3-5-19(18)8-9-27-26(32)25-29-15-20(16-30-25)22-6-7-24-23(22)14-21(17-28-24)31-10-12-33-13-11-31;1-18(26-9-7-20-4-2-3-8-27-20)25-29-15-19(16-30-25)22-5-6-24-23(22)14-21(17-28-24)31-10-12-32-13-11-31/h2-6,14-17,28H,1,7-13H2;2-6,14-17H,7-13H2,1H3,(H,27,32);2-5,8,14-17,26H,1,6-7,9-13H2. The lowest BCUT2D eigenvalue weighted by Gasteiger charge is -2.29. The number of fused-ring (bicyclic) bond motifs is 3. The van der Waals surface area contributed by atoms with Crippen molar-refractivity contribution in [1.82, 2.24) is 65.8 Å². The Morgan fingerprint density at radius 1 is 0.449 bits per heavy atom. The molecule has 6 aliphatic rings. The summed E-state index contributed by atoms with van der Waals surface area (Å²) in [5, 5.41) is 10.3. The summed E-state index contributed by atoms with van der Waals surface area (Å²) in [5.74, 6) is 1.13. The van der Waals surface area contributed by atoms with Crippen molar-refractivity contribution in [2.24, 2.45) is 0 Å². The number of halogens is 1. The van der Waals surface area contributed by atoms with E-state index in [-0.39, 0.29) is 11.7 Å². The molecule has 3 fully saturated rings. The fourth-order valence-corrected chi connectivity index (χ4v) is 12.8. The van der Waals surface area contributed by atoms with Crippen molar-refractivity contribution in [3.63, 3.8) is 0 Å². The van der Waals surface area contributed by atoms with Crippen molar-refractivity contribution in [3.05, 3.63) is 274 Å². The number of ether oxygens (including phenoxy) is 3. The highest BCUT2D eigenvalue weighted by Crippen LogP contribution is 2.37. The summed E-state index contributed by atoms with van der Waals surface area (Å²) >= 11 is 6.23. The van der Waals surface area contributed by atoms with Gasteiger partial charge in [0.05, 0.1) is 104 Å². The van der Waals surface area contributed by atoms with Gasteiger partial charge in [-0.2, -0.15) is 0 Å². The molecule has 0 radical (unpaired) electrons. The van der Waals surface area contributed by atoms with Gasteiger partial charge in [-0.25, -0.2) is 29.9 Å². The Labute approximate surface area is 576 Å². The maximum atomic E-state index is 12.5. The second-order valence-electron chi connectivity index (χ2n) is 24.4. The highest BCUT2D eigenvalue weighted by atomic mass is 35.5. The summed E-state index contributed by atoms with van der Waals surface area (Å²) in [5.41, 5.74) is 22.3. The number of benzene rings is 2. The predicted molar refractivity (Wildman–Crippen MR) is 385 cm³/mol. The van der Waals surface area contributed by atoms with Crippen LogP contribution >= 0.6 is 11.6 Å². The number of amides is 1. The maximum absolute atomic E-state index is 12.5. The summed E-state index contributed by atoms with van der Waals surface area (Å²) in [4.78, 5) is 64.8. The fraction of sp³-hybridized carbons (Fsp3) is 0.286. The van der Waals surface area contributed by atoms with Gasteiger partial charge in [0.15, 0.2) is 11.6 Å². The molecule has 21 heteroatoms. The molecular formula is C77H79ClN16O4. The van der Waals surface area contributed by atoms with Crippen molar-refractivity contribution in [2.75, 3.05) is 113 Å². The molecule has 9 aromatic rings. The van der Waals surface area contributed by atoms with Gasteiger partial charge < -0.3 is 44.9 Å². The van der Waals surface area contributed by atoms with Crippen LogP contribution in [0.4, 0.5) is 17.1 Å². The van der Waals surface area contributed by atoms with Crippen LogP contribution in [-0.4, -0.2) is 154 Å². The summed E-state index contributed by atoms with van der Waals surface area (Å²) in [6.07, 6.45) is 30.0. The van der Waals surface area contributed by atoms with E-state index in [9.17, 15) is 4.79 Å². The monoisotopic (exact) mass is 1330 g/mol. The molecule has 0 spiro atoms. The first kappa shape index (κ1) is 66.2. The highest BCUT2D eigenvalue weighted by Gasteiger charge is 2.25. The first-order valence-electron chi connectivity index (χ1n) is 33.5. The molecule has 1 amide bonds. The van der Waals surface area contributed by atoms with Gasteiger partial charge in [0, 0.05) is 172 Å². The Balaban J connectivity index is 0.000000132. The SMILES string of the molecule is C=C(NCCc1ccccc1Cl)c1ncc(C2=CCc3ncc(N4CCOCC4)cc32)cn1.C=C(NCCc1ccccn1)c1ncc(C2=CCc3ncc(N4CCOCC4)cc32)cn1.Cc1ccccc1CCNC(=O)c1ncc(C2=CCc3ncc(N4CCOCC4)cc32)cn1. The van der Waals surface area contributed by atoms with Crippen LogP contribution in [0.1, 0.15) is 95.1 Å². The Bertz CT molecular complexity index is 4190. The lowest BCUT2D eigenvalue weighted by atomic mass is 10.0. The molecule has 0 saturated carbocycles. The Morgan fingerprint density at radius 3 is 1.27 bits per heavy atom. The number of hydrogen-bond acceptors (Lipinski definition) is 19. The summed E-state index contributed by atoms with van der Waals surface area (Å²) in [7, 11) is 0. The molecular weight excluding hydrogens is 1250 g/mol. The van der Waals surface area contributed by atoms with E-state index < -0.39 is 0 Å². The number of allylic oxidation sites excluding steroid dienone is 3. The highest BCUT2D eigenvalue weighted by molar-refractivity contribution is 6.31. The van der Waals surface area contributed by atoms with Crippen LogP contribution in [0.5, 0.6) is 0 Å². The zero-order chi connectivity index (χ0) is 67.0. The van der Waals surface area contributed by atoms with Gasteiger partial charge >= 0.3 is 0 Å². The Kier molecular flexibility index (Phi) is 21.7. The molecule has 0 atom stereocenters. The van der Waals surface area contributed by atoms with E-state index >= 15 is 0 Å². The van der Waals surface area contributed by atoms with E-state index in [4.69, 9.17) is 35.8 Å². The minimum absolute atomic E-state index is 0.183. The maximum Gasteiger partial charge on any atom is 0.289 e. The van der Waals surface area contributed by atoms with Crippen LogP contribution in [0.15, 0.2) is 178 Å². The minimum Gasteiger partial charge on any atom is -0.382 e. The second-order valence-corrected chi connectivity index (χ2v) is 24.8. The third-order valence-electron chi connectivity index (χ3n) is 18.1. The van der Waals surface area contributed by atoms with Crippen molar-refractivity contribution in [3.8, 4) is 0 Å². The fourth-order valence-electron chi connectivity index (χ4n) is 12.6. The zero-order valence-corrected chi connectivity index (χ0v) is 55.9. The van der Waals surface area contributed by atoms with E-state index in [1.807, 2.05) is 98.0 Å². The lowest BCUT2D eigenvalue weighted by molar-refractivity contribution is 0.0943. The van der Waals surface area contributed by atoms with Crippen molar-refractivity contribution in [2.45, 2.75) is 45.4 Å². The molecule has 3 aliphatic carbocycles. The van der Waals surface area contributed by atoms with E-state index in [0.717, 1.165) is 225 Å². The molecule has 498 valence electrons. The van der Waals surface area contributed by atoms with Crippen LogP contribution in [0, 0.1) is 6.92 Å². The molecule has 2 aromatic carbocycles. The number of hydrogen-bond donors (Lipinski definition) is 3. The number of aromatic nitrogens is 10. The van der Waals surface area contributed by atoms with Gasteiger partial charge in [-0.05, 0) is 89.6 Å².